The Balaban J connectivity index is 2.81. The van der Waals surface area contributed by atoms with Crippen LogP contribution in [0.5, 0.6) is 0 Å². The molecule has 1 aliphatic rings. The quantitative estimate of drug-likeness (QED) is 0.386. The van der Waals surface area contributed by atoms with Crippen LogP contribution in [0.2, 0.25) is 0 Å². The fourth-order valence-corrected chi connectivity index (χ4v) is 5.88. The van der Waals surface area contributed by atoms with E-state index in [2.05, 4.69) is 27.7 Å². The van der Waals surface area contributed by atoms with Crippen molar-refractivity contribution in [3.63, 3.8) is 0 Å². The minimum absolute atomic E-state index is 0.378. The first-order valence-corrected chi connectivity index (χ1v) is 6.65. The van der Waals surface area contributed by atoms with Crippen LogP contribution in [-0.4, -0.2) is 24.5 Å². The van der Waals surface area contributed by atoms with Gasteiger partial charge < -0.3 is 0 Å². The van der Waals surface area contributed by atoms with E-state index in [9.17, 15) is 0 Å². The SMILES string of the molecule is [B][P+]1(C(C)(C)C)CCC[C@@H]1C. The standard InChI is InChI=1S/C9H19BP/c1-8-6-5-7-11(8,10)9(2,3)4/h8H,5-7H2,1-4H3/q+1/t8-,11?/m0/s1. The molecule has 11 heavy (non-hydrogen) atoms. The van der Waals surface area contributed by atoms with Crippen LogP contribution in [0.25, 0.3) is 0 Å². The lowest BCUT2D eigenvalue weighted by molar-refractivity contribution is 0.764. The Kier molecular flexibility index (Phi) is 2.41. The van der Waals surface area contributed by atoms with Crippen molar-refractivity contribution in [1.29, 1.82) is 0 Å². The molecule has 1 rings (SSSR count). The summed E-state index contributed by atoms with van der Waals surface area (Å²) in [5.41, 5.74) is 0.808. The summed E-state index contributed by atoms with van der Waals surface area (Å²) in [5, 5.41) is 0.378. The molecule has 0 spiro atoms. The van der Waals surface area contributed by atoms with Gasteiger partial charge in [-0.15, -0.1) is 0 Å². The molecular weight excluding hydrogens is 150 g/mol. The monoisotopic (exact) mass is 169 g/mol. The van der Waals surface area contributed by atoms with Crippen molar-refractivity contribution in [2.24, 2.45) is 0 Å². The van der Waals surface area contributed by atoms with E-state index in [-0.39, 0.29) is 0 Å². The molecule has 2 radical (unpaired) electrons. The second-order valence-corrected chi connectivity index (χ2v) is 9.35. The van der Waals surface area contributed by atoms with Crippen molar-refractivity contribution in [3.05, 3.63) is 0 Å². The van der Waals surface area contributed by atoms with Crippen molar-refractivity contribution in [3.8, 4) is 0 Å². The topological polar surface area (TPSA) is 0 Å². The van der Waals surface area contributed by atoms with Crippen LogP contribution in [-0.2, 0) is 0 Å². The summed E-state index contributed by atoms with van der Waals surface area (Å²) in [6.07, 6.45) is 4.04. The molecule has 1 saturated heterocycles. The Morgan fingerprint density at radius 1 is 1.36 bits per heavy atom. The van der Waals surface area contributed by atoms with Gasteiger partial charge in [0.05, 0.1) is 10.8 Å². The molecule has 0 aromatic heterocycles. The smallest absolute Gasteiger partial charge is 0.0322 e. The van der Waals surface area contributed by atoms with Gasteiger partial charge in [-0.2, -0.15) is 0 Å². The summed E-state index contributed by atoms with van der Waals surface area (Å²) in [5.74, 6) is 0. The van der Waals surface area contributed by atoms with Gasteiger partial charge in [-0.1, -0.05) is 0 Å². The van der Waals surface area contributed by atoms with Crippen LogP contribution in [0.1, 0.15) is 40.5 Å². The molecule has 0 aromatic carbocycles. The molecular formula is C9H19BP+. The minimum atomic E-state index is -1.09. The number of rotatable bonds is 0. The van der Waals surface area contributed by atoms with Crippen molar-refractivity contribution in [2.75, 3.05) is 6.16 Å². The summed E-state index contributed by atoms with van der Waals surface area (Å²) < 4.78 is 0. The Morgan fingerprint density at radius 2 is 1.91 bits per heavy atom. The summed E-state index contributed by atoms with van der Waals surface area (Å²) in [4.78, 5) is 0. The molecule has 0 saturated carbocycles. The van der Waals surface area contributed by atoms with Gasteiger partial charge in [0.2, 0.25) is 0 Å². The average molecular weight is 169 g/mol. The zero-order valence-corrected chi connectivity index (χ0v) is 9.12. The van der Waals surface area contributed by atoms with E-state index in [0.29, 0.717) is 5.16 Å². The molecule has 2 heteroatoms. The van der Waals surface area contributed by atoms with E-state index in [0.717, 1.165) is 5.66 Å². The van der Waals surface area contributed by atoms with Gasteiger partial charge in [0.15, 0.2) is 0 Å². The van der Waals surface area contributed by atoms with Gasteiger partial charge >= 0.3 is 7.57 Å². The highest BCUT2D eigenvalue weighted by molar-refractivity contribution is 7.99. The van der Waals surface area contributed by atoms with Gasteiger partial charge in [-0.25, -0.2) is 0 Å². The van der Waals surface area contributed by atoms with Gasteiger partial charge in [0.25, 0.3) is 0 Å². The highest BCUT2D eigenvalue weighted by Gasteiger charge is 2.51. The first-order chi connectivity index (χ1) is 4.88. The Bertz CT molecular complexity index is 150. The molecule has 62 valence electrons. The Hall–Kier alpha value is 0.495. The molecule has 2 atom stereocenters. The molecule has 0 amide bonds. The predicted molar refractivity (Wildman–Crippen MR) is 56.0 cm³/mol. The van der Waals surface area contributed by atoms with E-state index in [1.54, 1.807) is 0 Å². The third kappa shape index (κ3) is 1.50. The van der Waals surface area contributed by atoms with Crippen molar-refractivity contribution in [1.82, 2.24) is 0 Å². The van der Waals surface area contributed by atoms with E-state index in [1.165, 1.54) is 19.0 Å². The highest BCUT2D eigenvalue weighted by Crippen LogP contribution is 2.72. The predicted octanol–water partition coefficient (Wildman–Crippen LogP) is 3.07. The summed E-state index contributed by atoms with van der Waals surface area (Å²) >= 11 is 0. The maximum Gasteiger partial charge on any atom is 0.365 e. The third-order valence-electron chi connectivity index (χ3n) is 3.19. The van der Waals surface area contributed by atoms with Crippen LogP contribution in [0, 0.1) is 0 Å². The lowest BCUT2D eigenvalue weighted by Gasteiger charge is -2.36. The second kappa shape index (κ2) is 2.77. The molecule has 1 heterocycles. The molecule has 0 aliphatic carbocycles. The van der Waals surface area contributed by atoms with Gasteiger partial charge in [0, 0.05) is 6.16 Å². The molecule has 1 unspecified atom stereocenters. The van der Waals surface area contributed by atoms with Crippen LogP contribution in [0.3, 0.4) is 0 Å². The Labute approximate surface area is 72.8 Å². The molecule has 1 aliphatic heterocycles. The first-order valence-electron chi connectivity index (χ1n) is 4.54. The fourth-order valence-electron chi connectivity index (χ4n) is 2.10. The lowest BCUT2D eigenvalue weighted by Crippen LogP contribution is -2.25. The molecule has 0 N–H and O–H groups in total. The van der Waals surface area contributed by atoms with Gasteiger partial charge in [-0.3, -0.25) is 0 Å². The third-order valence-corrected chi connectivity index (χ3v) is 8.57. The van der Waals surface area contributed by atoms with Crippen LogP contribution < -0.4 is 0 Å². The fraction of sp³-hybridized carbons (Fsp3) is 1.00. The van der Waals surface area contributed by atoms with E-state index in [1.807, 2.05) is 0 Å². The molecule has 0 bridgehead atoms. The van der Waals surface area contributed by atoms with Crippen molar-refractivity contribution < 1.29 is 0 Å². The summed E-state index contributed by atoms with van der Waals surface area (Å²) in [7, 11) is 5.40. The maximum atomic E-state index is 6.49. The van der Waals surface area contributed by atoms with E-state index in [4.69, 9.17) is 7.57 Å². The second-order valence-electron chi connectivity index (χ2n) is 4.82. The summed E-state index contributed by atoms with van der Waals surface area (Å²) in [6, 6.07) is 0. The zero-order valence-electron chi connectivity index (χ0n) is 8.22. The molecule has 0 nitrogen and oxygen atoms in total. The number of hydrogen-bond acceptors (Lipinski definition) is 0. The highest BCUT2D eigenvalue weighted by atomic mass is 31.2. The van der Waals surface area contributed by atoms with Gasteiger partial charge in [-0.05, 0) is 47.7 Å². The maximum absolute atomic E-state index is 6.49. The summed E-state index contributed by atoms with van der Waals surface area (Å²) in [6.45, 7) is 9.26. The molecule has 1 fully saturated rings. The van der Waals surface area contributed by atoms with Crippen molar-refractivity contribution in [2.45, 2.75) is 51.4 Å². The largest absolute Gasteiger partial charge is 0.365 e. The van der Waals surface area contributed by atoms with Crippen LogP contribution in [0.15, 0.2) is 0 Å². The Morgan fingerprint density at radius 3 is 2.09 bits per heavy atom. The van der Waals surface area contributed by atoms with Crippen LogP contribution in [0.4, 0.5) is 0 Å². The van der Waals surface area contributed by atoms with Gasteiger partial charge in [0.1, 0.15) is 0 Å². The zero-order chi connectivity index (χ0) is 8.70. The lowest BCUT2D eigenvalue weighted by atomic mass is 10.2. The average Bonchev–Trinajstić information content (AvgIpc) is 2.12. The van der Waals surface area contributed by atoms with Crippen molar-refractivity contribution >= 4 is 14.7 Å². The van der Waals surface area contributed by atoms with E-state index >= 15 is 0 Å². The van der Waals surface area contributed by atoms with Crippen LogP contribution >= 0.6 is 7.14 Å². The van der Waals surface area contributed by atoms with E-state index < -0.39 is 7.14 Å². The number of hydrogen-bond donors (Lipinski definition) is 0. The molecule has 0 aromatic rings. The minimum Gasteiger partial charge on any atom is -0.0322 e. The normalized spacial score (nSPS) is 39.5. The first kappa shape index (κ1) is 9.58.